The van der Waals surface area contributed by atoms with Crippen molar-refractivity contribution in [1.82, 2.24) is 15.2 Å². The molecule has 2 aliphatic rings. The monoisotopic (exact) mass is 396 g/mol. The van der Waals surface area contributed by atoms with Gasteiger partial charge >= 0.3 is 11.9 Å². The van der Waals surface area contributed by atoms with Crippen LogP contribution in [0.3, 0.4) is 0 Å². The zero-order valence-corrected chi connectivity index (χ0v) is 16.0. The quantitative estimate of drug-likeness (QED) is 0.248. The van der Waals surface area contributed by atoms with E-state index in [0.717, 1.165) is 5.01 Å². The summed E-state index contributed by atoms with van der Waals surface area (Å²) in [6.45, 7) is 1.80. The molecule has 0 radical (unpaired) electrons. The molecule has 0 aromatic heterocycles. The van der Waals surface area contributed by atoms with Gasteiger partial charge in [0.15, 0.2) is 12.3 Å². The number of hydrogen-bond donors (Lipinski definition) is 2. The molecular formula is C16H24N6O6. The number of amidine groups is 1. The van der Waals surface area contributed by atoms with E-state index in [2.05, 4.69) is 15.7 Å². The second-order valence-electron chi connectivity index (χ2n) is 6.73. The van der Waals surface area contributed by atoms with Crippen molar-refractivity contribution in [3.05, 3.63) is 0 Å². The van der Waals surface area contributed by atoms with Crippen LogP contribution in [0.15, 0.2) is 10.3 Å². The number of esters is 1. The van der Waals surface area contributed by atoms with Gasteiger partial charge in [0.05, 0.1) is 6.10 Å². The highest BCUT2D eigenvalue weighted by Gasteiger charge is 2.43. The fraction of sp³-hybridized carbons (Fsp3) is 0.688. The number of carbonyl (C=O) groups is 4. The van der Waals surface area contributed by atoms with Crippen LogP contribution in [0.1, 0.15) is 26.2 Å². The van der Waals surface area contributed by atoms with Crippen LogP contribution in [0, 0.1) is 5.41 Å². The van der Waals surface area contributed by atoms with Gasteiger partial charge in [0.25, 0.3) is 5.78 Å². The van der Waals surface area contributed by atoms with E-state index in [1.165, 1.54) is 6.92 Å². The summed E-state index contributed by atoms with van der Waals surface area (Å²) in [5.74, 6) is -3.33. The van der Waals surface area contributed by atoms with E-state index in [4.69, 9.17) is 14.9 Å². The lowest BCUT2D eigenvalue weighted by molar-refractivity contribution is -0.161. The molecule has 3 atom stereocenters. The minimum atomic E-state index is -1.48. The standard InChI is InChI=1S/C16H24N6O6/c1-9(23)27-8-10-4-5-12(28-10)22-16(26)14(25)13(19-20-22)15(17)18-11(24)6-7-21(2)3/h10,12-13H,4-8H2,1-3H3,(H2,17,18,24). The largest absolute Gasteiger partial charge is 0.463 e. The maximum atomic E-state index is 12.3. The number of ether oxygens (including phenoxy) is 2. The fourth-order valence-corrected chi connectivity index (χ4v) is 2.61. The van der Waals surface area contributed by atoms with Gasteiger partial charge in [-0.2, -0.15) is 10.1 Å². The molecule has 12 heteroatoms. The molecule has 154 valence electrons. The molecule has 0 aliphatic carbocycles. The molecule has 1 saturated heterocycles. The lowest BCUT2D eigenvalue weighted by Crippen LogP contribution is -2.52. The third kappa shape index (κ3) is 5.63. The first-order valence-corrected chi connectivity index (χ1v) is 8.79. The minimum Gasteiger partial charge on any atom is -0.463 e. The van der Waals surface area contributed by atoms with Crippen LogP contribution in [0.25, 0.3) is 0 Å². The van der Waals surface area contributed by atoms with Crippen molar-refractivity contribution in [3.63, 3.8) is 0 Å². The van der Waals surface area contributed by atoms with E-state index in [1.54, 1.807) is 19.0 Å². The topological polar surface area (TPSA) is 154 Å². The number of amides is 2. The second kappa shape index (κ2) is 9.46. The van der Waals surface area contributed by atoms with E-state index in [0.29, 0.717) is 19.4 Å². The third-order valence-corrected chi connectivity index (χ3v) is 4.09. The summed E-state index contributed by atoms with van der Waals surface area (Å²) in [7, 11) is 3.60. The predicted molar refractivity (Wildman–Crippen MR) is 94.1 cm³/mol. The molecule has 0 spiro atoms. The summed E-state index contributed by atoms with van der Waals surface area (Å²) in [5.41, 5.74) is 0. The van der Waals surface area contributed by atoms with Gasteiger partial charge in [0.1, 0.15) is 12.4 Å². The Morgan fingerprint density at radius 2 is 2.07 bits per heavy atom. The zero-order valence-electron chi connectivity index (χ0n) is 16.0. The first-order valence-electron chi connectivity index (χ1n) is 8.79. The number of carbonyl (C=O) groups excluding carboxylic acids is 4. The van der Waals surface area contributed by atoms with Gasteiger partial charge in [0.2, 0.25) is 5.91 Å². The molecule has 2 heterocycles. The normalized spacial score (nSPS) is 24.6. The number of ketones is 1. The molecule has 28 heavy (non-hydrogen) atoms. The van der Waals surface area contributed by atoms with Crippen molar-refractivity contribution in [2.45, 2.75) is 44.6 Å². The Kier molecular flexibility index (Phi) is 7.29. The van der Waals surface area contributed by atoms with Crippen LogP contribution in [-0.2, 0) is 28.7 Å². The Hall–Kier alpha value is -2.73. The van der Waals surface area contributed by atoms with Gasteiger partial charge < -0.3 is 19.7 Å². The smallest absolute Gasteiger partial charge is 0.316 e. The maximum Gasteiger partial charge on any atom is 0.316 e. The van der Waals surface area contributed by atoms with Crippen LogP contribution < -0.4 is 5.32 Å². The highest BCUT2D eigenvalue weighted by Crippen LogP contribution is 2.25. The highest BCUT2D eigenvalue weighted by atomic mass is 16.6. The Morgan fingerprint density at radius 3 is 2.71 bits per heavy atom. The molecule has 3 unspecified atom stereocenters. The Balaban J connectivity index is 1.93. The predicted octanol–water partition coefficient (Wildman–Crippen LogP) is -0.753. The summed E-state index contributed by atoms with van der Waals surface area (Å²) in [6, 6.07) is -1.48. The van der Waals surface area contributed by atoms with Crippen molar-refractivity contribution in [3.8, 4) is 0 Å². The van der Waals surface area contributed by atoms with Crippen LogP contribution in [0.5, 0.6) is 0 Å². The third-order valence-electron chi connectivity index (χ3n) is 4.09. The Labute approximate surface area is 161 Å². The van der Waals surface area contributed by atoms with E-state index in [-0.39, 0.29) is 13.0 Å². The first-order chi connectivity index (χ1) is 13.2. The molecule has 2 rings (SSSR count). The summed E-state index contributed by atoms with van der Waals surface area (Å²) in [6.07, 6.45) is -0.155. The average Bonchev–Trinajstić information content (AvgIpc) is 3.09. The highest BCUT2D eigenvalue weighted by molar-refractivity contribution is 6.43. The number of hydrogen-bond acceptors (Lipinski definition) is 10. The Bertz CT molecular complexity index is 693. The zero-order chi connectivity index (χ0) is 20.8. The van der Waals surface area contributed by atoms with Gasteiger partial charge in [0, 0.05) is 19.9 Å². The minimum absolute atomic E-state index is 0.0468. The van der Waals surface area contributed by atoms with E-state index in [9.17, 15) is 19.2 Å². The summed E-state index contributed by atoms with van der Waals surface area (Å²) < 4.78 is 10.4. The molecule has 0 aromatic carbocycles. The summed E-state index contributed by atoms with van der Waals surface area (Å²) >= 11 is 0. The van der Waals surface area contributed by atoms with Crippen molar-refractivity contribution in [2.24, 2.45) is 10.3 Å². The SMILES string of the molecule is CC(=O)OCC1CCC(N2N=NC(C(=N)NC(=O)CCN(C)C)C(=O)C2=O)O1. The van der Waals surface area contributed by atoms with E-state index in [1.807, 2.05) is 0 Å². The van der Waals surface area contributed by atoms with Crippen molar-refractivity contribution in [1.29, 1.82) is 5.41 Å². The van der Waals surface area contributed by atoms with Crippen LogP contribution in [-0.4, -0.2) is 84.9 Å². The molecule has 0 saturated carbocycles. The average molecular weight is 396 g/mol. The number of rotatable bonds is 7. The van der Waals surface area contributed by atoms with Crippen LogP contribution in [0.2, 0.25) is 0 Å². The summed E-state index contributed by atoms with van der Waals surface area (Å²) in [5, 5.41) is 18.4. The first kappa shape index (κ1) is 21.6. The van der Waals surface area contributed by atoms with Gasteiger partial charge in [-0.15, -0.1) is 0 Å². The van der Waals surface area contributed by atoms with Crippen LogP contribution in [0.4, 0.5) is 0 Å². The molecule has 2 N–H and O–H groups in total. The molecule has 0 aromatic rings. The molecule has 2 amide bonds. The Morgan fingerprint density at radius 1 is 1.36 bits per heavy atom. The second-order valence-corrected chi connectivity index (χ2v) is 6.73. The molecule has 0 bridgehead atoms. The van der Waals surface area contributed by atoms with Crippen molar-refractivity contribution < 1.29 is 28.7 Å². The van der Waals surface area contributed by atoms with Gasteiger partial charge in [-0.05, 0) is 26.9 Å². The van der Waals surface area contributed by atoms with Crippen LogP contribution >= 0.6 is 0 Å². The number of nitrogens with zero attached hydrogens (tertiary/aromatic N) is 4. The van der Waals surface area contributed by atoms with Crippen molar-refractivity contribution >= 4 is 29.4 Å². The molecule has 2 aliphatic heterocycles. The molecule has 1 fully saturated rings. The van der Waals surface area contributed by atoms with Crippen molar-refractivity contribution in [2.75, 3.05) is 27.2 Å². The maximum absolute atomic E-state index is 12.3. The lowest BCUT2D eigenvalue weighted by Gasteiger charge is -2.27. The molecule has 12 nitrogen and oxygen atoms in total. The fourth-order valence-electron chi connectivity index (χ4n) is 2.61. The number of Topliss-reactive ketones (excluding diaryl/α,β-unsaturated/α-hetero) is 1. The number of nitrogens with one attached hydrogen (secondary N) is 2. The van der Waals surface area contributed by atoms with Gasteiger partial charge in [-0.3, -0.25) is 24.6 Å². The van der Waals surface area contributed by atoms with E-state index < -0.39 is 47.8 Å². The van der Waals surface area contributed by atoms with E-state index >= 15 is 0 Å². The van der Waals surface area contributed by atoms with Gasteiger partial charge in [-0.1, -0.05) is 5.22 Å². The summed E-state index contributed by atoms with van der Waals surface area (Å²) in [4.78, 5) is 49.1. The molecular weight excluding hydrogens is 372 g/mol. The lowest BCUT2D eigenvalue weighted by atomic mass is 10.1. The van der Waals surface area contributed by atoms with Gasteiger partial charge in [-0.25, -0.2) is 0 Å².